The number of hydrogen-bond donors (Lipinski definition) is 2. The molecule has 2 aromatic heterocycles. The van der Waals surface area contributed by atoms with Gasteiger partial charge in [-0.05, 0) is 65.9 Å². The Morgan fingerprint density at radius 1 is 0.660 bits per heavy atom. The molecule has 0 saturated carbocycles. The highest BCUT2D eigenvalue weighted by atomic mass is 16.5. The average Bonchev–Trinajstić information content (AvgIpc) is 3.89. The van der Waals surface area contributed by atoms with Gasteiger partial charge in [-0.2, -0.15) is 4.68 Å². The van der Waals surface area contributed by atoms with Crippen LogP contribution in [0.5, 0.6) is 5.75 Å². The first-order valence-electron chi connectivity index (χ1n) is 16.6. The number of ether oxygens (including phenoxy) is 1. The molecule has 2 N–H and O–H groups in total. The van der Waals surface area contributed by atoms with Gasteiger partial charge in [-0.15, -0.1) is 5.10 Å². The van der Waals surface area contributed by atoms with Crippen molar-refractivity contribution in [3.05, 3.63) is 192 Å². The molecule has 11 heteroatoms. The van der Waals surface area contributed by atoms with Crippen molar-refractivity contribution in [2.45, 2.75) is 6.92 Å². The van der Waals surface area contributed by atoms with Gasteiger partial charge in [-0.1, -0.05) is 102 Å². The molecule has 5 aromatic carbocycles. The lowest BCUT2D eigenvalue weighted by Gasteiger charge is -2.09. The number of tetrazole rings is 1. The maximum atomic E-state index is 13.2. The van der Waals surface area contributed by atoms with E-state index in [-0.39, 0.29) is 11.6 Å². The van der Waals surface area contributed by atoms with Crippen LogP contribution in [0.3, 0.4) is 0 Å². The van der Waals surface area contributed by atoms with Crippen LogP contribution in [0, 0.1) is 6.92 Å². The van der Waals surface area contributed by atoms with Crippen LogP contribution in [0.2, 0.25) is 0 Å². The largest absolute Gasteiger partial charge is 0.497 e. The molecule has 262 valence electrons. The summed E-state index contributed by atoms with van der Waals surface area (Å²) in [7, 11) is 1.62. The molecule has 7 rings (SSSR count). The number of methoxy groups -OCH3 is 1. The van der Waals surface area contributed by atoms with Crippen LogP contribution < -0.4 is 15.4 Å². The minimum Gasteiger partial charge on any atom is -0.497 e. The predicted octanol–water partition coefficient (Wildman–Crippen LogP) is 8.33. The number of anilines is 2. The molecule has 2 heterocycles. The Balaban J connectivity index is 0.000000183. The Morgan fingerprint density at radius 2 is 1.17 bits per heavy atom. The third-order valence-corrected chi connectivity index (χ3v) is 7.80. The van der Waals surface area contributed by atoms with Crippen LogP contribution in [-0.4, -0.2) is 44.0 Å². The standard InChI is InChI=1S/C22H17N5O.C20H18N2O3/c28-21(17-10-4-1-5-11-17)20(16-23-18-12-6-2-7-13-18)22-24-25-26-27(22)19-14-8-3-9-15-19;1-14-12-19(25-22-14)18(20(23)15-6-4-3-5-7-15)13-21-16-8-10-17(24-2)11-9-16/h1-16,23H;3-13,21H,1-2H3/b20-16+;18-13+. The normalized spacial score (nSPS) is 11.2. The van der Waals surface area contributed by atoms with Gasteiger partial charge in [0.25, 0.3) is 0 Å². The Labute approximate surface area is 306 Å². The molecule has 0 fully saturated rings. The molecule has 0 saturated heterocycles. The Kier molecular flexibility index (Phi) is 11.7. The summed E-state index contributed by atoms with van der Waals surface area (Å²) in [6.45, 7) is 1.81. The van der Waals surface area contributed by atoms with Gasteiger partial charge in [0, 0.05) is 41.0 Å². The van der Waals surface area contributed by atoms with Gasteiger partial charge in [0.1, 0.15) is 5.75 Å². The monoisotopic (exact) mass is 701 g/mol. The second kappa shape index (κ2) is 17.5. The van der Waals surface area contributed by atoms with E-state index in [1.54, 1.807) is 54.5 Å². The summed E-state index contributed by atoms with van der Waals surface area (Å²) in [6.07, 6.45) is 3.28. The summed E-state index contributed by atoms with van der Waals surface area (Å²) >= 11 is 0. The van der Waals surface area contributed by atoms with Crippen LogP contribution in [0.15, 0.2) is 169 Å². The summed E-state index contributed by atoms with van der Waals surface area (Å²) in [4.78, 5) is 26.1. The fraction of sp³-hybridized carbons (Fsp3) is 0.0476. The van der Waals surface area contributed by atoms with E-state index in [0.717, 1.165) is 22.8 Å². The quantitative estimate of drug-likeness (QED) is 0.0945. The van der Waals surface area contributed by atoms with Crippen molar-refractivity contribution in [2.75, 3.05) is 17.7 Å². The Bertz CT molecular complexity index is 2300. The highest BCUT2D eigenvalue weighted by molar-refractivity contribution is 6.29. The molecule has 0 unspecified atom stereocenters. The van der Waals surface area contributed by atoms with Gasteiger partial charge in [-0.3, -0.25) is 9.59 Å². The number of Topliss-reactive ketones (excluding diaryl/α,β-unsaturated/α-hetero) is 2. The number of para-hydroxylation sites is 2. The first-order valence-corrected chi connectivity index (χ1v) is 16.6. The van der Waals surface area contributed by atoms with Crippen molar-refractivity contribution in [1.29, 1.82) is 0 Å². The number of aromatic nitrogens is 5. The van der Waals surface area contributed by atoms with Crippen molar-refractivity contribution in [3.63, 3.8) is 0 Å². The Morgan fingerprint density at radius 3 is 1.72 bits per heavy atom. The molecule has 0 bridgehead atoms. The van der Waals surface area contributed by atoms with Crippen LogP contribution in [0.1, 0.15) is 38.0 Å². The minimum atomic E-state index is -0.170. The molecule has 0 radical (unpaired) electrons. The van der Waals surface area contributed by atoms with Crippen molar-refractivity contribution >= 4 is 34.1 Å². The van der Waals surface area contributed by atoms with E-state index in [9.17, 15) is 9.59 Å². The molecule has 11 nitrogen and oxygen atoms in total. The zero-order valence-corrected chi connectivity index (χ0v) is 29.0. The lowest BCUT2D eigenvalue weighted by Crippen LogP contribution is -2.11. The summed E-state index contributed by atoms with van der Waals surface area (Å²) in [6, 6.07) is 46.4. The molecule has 53 heavy (non-hydrogen) atoms. The van der Waals surface area contributed by atoms with Crippen LogP contribution in [-0.2, 0) is 0 Å². The second-order valence-corrected chi connectivity index (χ2v) is 11.5. The van der Waals surface area contributed by atoms with E-state index in [4.69, 9.17) is 9.26 Å². The molecule has 0 aliphatic heterocycles. The summed E-state index contributed by atoms with van der Waals surface area (Å²) < 4.78 is 12.0. The van der Waals surface area contributed by atoms with E-state index in [2.05, 4.69) is 31.3 Å². The number of nitrogens with one attached hydrogen (secondary N) is 2. The van der Waals surface area contributed by atoms with Gasteiger partial charge < -0.3 is 19.9 Å². The van der Waals surface area contributed by atoms with Gasteiger partial charge in [-0.25, -0.2) is 0 Å². The van der Waals surface area contributed by atoms with Crippen LogP contribution >= 0.6 is 0 Å². The lowest BCUT2D eigenvalue weighted by atomic mass is 10.0. The number of rotatable bonds is 12. The molecule has 0 aliphatic carbocycles. The number of carbonyl (C=O) groups is 2. The van der Waals surface area contributed by atoms with Crippen molar-refractivity contribution in [3.8, 4) is 11.4 Å². The van der Waals surface area contributed by atoms with Crippen LogP contribution in [0.25, 0.3) is 16.8 Å². The van der Waals surface area contributed by atoms with Gasteiger partial charge in [0.05, 0.1) is 29.6 Å². The van der Waals surface area contributed by atoms with E-state index < -0.39 is 0 Å². The summed E-state index contributed by atoms with van der Waals surface area (Å²) in [5.41, 5.74) is 5.09. The summed E-state index contributed by atoms with van der Waals surface area (Å²) in [5.74, 6) is 1.24. The lowest BCUT2D eigenvalue weighted by molar-refractivity contribution is 0.104. The molecular formula is C42H35N7O4. The van der Waals surface area contributed by atoms with E-state index in [1.165, 1.54) is 0 Å². The van der Waals surface area contributed by atoms with Crippen molar-refractivity contribution in [2.24, 2.45) is 0 Å². The number of carbonyl (C=O) groups excluding carboxylic acids is 2. The first-order chi connectivity index (χ1) is 26.0. The van der Waals surface area contributed by atoms with E-state index in [0.29, 0.717) is 39.6 Å². The number of ketones is 2. The number of allylic oxidation sites excluding steroid dienone is 2. The fourth-order valence-corrected chi connectivity index (χ4v) is 5.09. The summed E-state index contributed by atoms with van der Waals surface area (Å²) in [5, 5.41) is 22.2. The number of aryl methyl sites for hydroxylation is 1. The third kappa shape index (κ3) is 9.24. The number of nitrogens with zero attached hydrogens (tertiary/aromatic N) is 5. The van der Waals surface area contributed by atoms with Crippen molar-refractivity contribution < 1.29 is 18.8 Å². The topological polar surface area (TPSA) is 137 Å². The second-order valence-electron chi connectivity index (χ2n) is 11.5. The first kappa shape index (κ1) is 35.4. The third-order valence-electron chi connectivity index (χ3n) is 7.80. The zero-order valence-electron chi connectivity index (χ0n) is 29.0. The predicted molar refractivity (Wildman–Crippen MR) is 205 cm³/mol. The fourth-order valence-electron chi connectivity index (χ4n) is 5.09. The van der Waals surface area contributed by atoms with Gasteiger partial charge >= 0.3 is 0 Å². The van der Waals surface area contributed by atoms with E-state index >= 15 is 0 Å². The van der Waals surface area contributed by atoms with Crippen molar-refractivity contribution in [1.82, 2.24) is 25.4 Å². The van der Waals surface area contributed by atoms with Gasteiger partial charge in [0.2, 0.25) is 0 Å². The highest BCUT2D eigenvalue weighted by Gasteiger charge is 2.22. The minimum absolute atomic E-state index is 0.141. The molecule has 0 amide bonds. The molecule has 0 spiro atoms. The molecule has 0 aliphatic rings. The smallest absolute Gasteiger partial charge is 0.198 e. The average molecular weight is 702 g/mol. The molecular weight excluding hydrogens is 667 g/mol. The SMILES string of the molecule is COc1ccc(N/C=C(/C(=O)c2ccccc2)c2cc(C)no2)cc1.O=C(/C(=C\Nc1ccccc1)c1nnnn1-c1ccccc1)c1ccccc1. The number of hydrogen-bond acceptors (Lipinski definition) is 10. The maximum absolute atomic E-state index is 13.2. The van der Waals surface area contributed by atoms with E-state index in [1.807, 2.05) is 128 Å². The van der Waals surface area contributed by atoms with Crippen LogP contribution in [0.4, 0.5) is 11.4 Å². The maximum Gasteiger partial charge on any atom is 0.198 e. The van der Waals surface area contributed by atoms with Gasteiger partial charge in [0.15, 0.2) is 23.2 Å². The highest BCUT2D eigenvalue weighted by Crippen LogP contribution is 2.23. The zero-order chi connectivity index (χ0) is 36.8. The molecule has 0 atom stereocenters. The number of benzene rings is 5. The molecule has 7 aromatic rings. The Hall–Kier alpha value is -7.40.